The number of benzene rings is 1. The van der Waals surface area contributed by atoms with Crippen LogP contribution in [0.15, 0.2) is 24.3 Å². The third-order valence-electron chi connectivity index (χ3n) is 5.44. The number of amides is 1. The molecule has 0 radical (unpaired) electrons. The number of esters is 1. The van der Waals surface area contributed by atoms with Crippen LogP contribution in [-0.4, -0.2) is 49.6 Å². The van der Waals surface area contributed by atoms with Crippen molar-refractivity contribution in [3.05, 3.63) is 35.4 Å². The highest BCUT2D eigenvalue weighted by atomic mass is 32.2. The van der Waals surface area contributed by atoms with E-state index < -0.39 is 6.04 Å². The maximum absolute atomic E-state index is 12.6. The molecule has 2 N–H and O–H groups in total. The van der Waals surface area contributed by atoms with Crippen LogP contribution >= 0.6 is 11.8 Å². The van der Waals surface area contributed by atoms with Crippen molar-refractivity contribution in [2.24, 2.45) is 5.92 Å². The van der Waals surface area contributed by atoms with E-state index >= 15 is 0 Å². The average Bonchev–Trinajstić information content (AvgIpc) is 3.18. The van der Waals surface area contributed by atoms with Crippen LogP contribution in [0.4, 0.5) is 0 Å². The summed E-state index contributed by atoms with van der Waals surface area (Å²) in [4.78, 5) is 24.5. The molecule has 1 saturated heterocycles. The van der Waals surface area contributed by atoms with Crippen LogP contribution in [0.1, 0.15) is 50.2 Å². The van der Waals surface area contributed by atoms with Gasteiger partial charge in [-0.05, 0) is 67.2 Å². The standard InChI is InChI=1S/C22H34N2O3S/c1-15(2)18-9-7-16(8-10-18)5-6-17-13-20(23-14-17)21(25)24-19(11-12-28-4)22(26)27-3/h7-10,15,17,19-20,23H,5-6,11-14H2,1-4H3,(H,24,25)/t17-,19+,20+/m1/s1. The van der Waals surface area contributed by atoms with E-state index in [-0.39, 0.29) is 17.9 Å². The van der Waals surface area contributed by atoms with Crippen LogP contribution in [0.3, 0.4) is 0 Å². The van der Waals surface area contributed by atoms with Gasteiger partial charge in [0.05, 0.1) is 13.2 Å². The molecule has 1 amide bonds. The second-order valence-corrected chi connectivity index (χ2v) is 8.85. The van der Waals surface area contributed by atoms with Crippen LogP contribution < -0.4 is 10.6 Å². The maximum Gasteiger partial charge on any atom is 0.328 e. The first-order valence-corrected chi connectivity index (χ1v) is 11.5. The molecule has 156 valence electrons. The Hall–Kier alpha value is -1.53. The van der Waals surface area contributed by atoms with Crippen LogP contribution in [0.2, 0.25) is 0 Å². The molecule has 1 aromatic rings. The molecule has 6 heteroatoms. The van der Waals surface area contributed by atoms with Gasteiger partial charge in [0.25, 0.3) is 0 Å². The number of rotatable bonds is 10. The van der Waals surface area contributed by atoms with E-state index in [0.717, 1.165) is 31.6 Å². The lowest BCUT2D eigenvalue weighted by atomic mass is 9.95. The van der Waals surface area contributed by atoms with Crippen LogP contribution in [0.25, 0.3) is 0 Å². The molecule has 0 bridgehead atoms. The van der Waals surface area contributed by atoms with Crippen LogP contribution in [0.5, 0.6) is 0 Å². The first-order chi connectivity index (χ1) is 13.4. The van der Waals surface area contributed by atoms with Crippen molar-refractivity contribution < 1.29 is 14.3 Å². The zero-order chi connectivity index (χ0) is 20.5. The largest absolute Gasteiger partial charge is 0.467 e. The lowest BCUT2D eigenvalue weighted by Gasteiger charge is -2.18. The highest BCUT2D eigenvalue weighted by Gasteiger charge is 2.31. The van der Waals surface area contributed by atoms with Crippen molar-refractivity contribution in [3.8, 4) is 0 Å². The lowest BCUT2D eigenvalue weighted by molar-refractivity contribution is -0.145. The fraction of sp³-hybridized carbons (Fsp3) is 0.636. The van der Waals surface area contributed by atoms with Crippen LogP contribution in [0, 0.1) is 5.92 Å². The van der Waals surface area contributed by atoms with E-state index in [0.29, 0.717) is 18.3 Å². The summed E-state index contributed by atoms with van der Waals surface area (Å²) in [5.41, 5.74) is 2.71. The number of hydrogen-bond donors (Lipinski definition) is 2. The zero-order valence-electron chi connectivity index (χ0n) is 17.5. The second-order valence-electron chi connectivity index (χ2n) is 7.86. The minimum Gasteiger partial charge on any atom is -0.467 e. The Balaban J connectivity index is 1.80. The normalized spacial score (nSPS) is 20.2. The molecular formula is C22H34N2O3S. The van der Waals surface area contributed by atoms with E-state index in [1.54, 1.807) is 11.8 Å². The first kappa shape index (κ1) is 22.8. The quantitative estimate of drug-likeness (QED) is 0.585. The molecule has 1 aromatic carbocycles. The predicted molar refractivity (Wildman–Crippen MR) is 116 cm³/mol. The molecule has 2 rings (SSSR count). The van der Waals surface area contributed by atoms with Crippen LogP contribution in [-0.2, 0) is 20.7 Å². The molecule has 0 saturated carbocycles. The van der Waals surface area contributed by atoms with Gasteiger partial charge in [0.15, 0.2) is 0 Å². The first-order valence-electron chi connectivity index (χ1n) is 10.1. The number of hydrogen-bond acceptors (Lipinski definition) is 5. The second kappa shape index (κ2) is 11.5. The average molecular weight is 407 g/mol. The van der Waals surface area contributed by atoms with Gasteiger partial charge in [-0.2, -0.15) is 11.8 Å². The van der Waals surface area contributed by atoms with E-state index in [4.69, 9.17) is 4.74 Å². The number of nitrogens with one attached hydrogen (secondary N) is 2. The predicted octanol–water partition coefficient (Wildman–Crippen LogP) is 3.13. The Morgan fingerprint density at radius 1 is 1.29 bits per heavy atom. The van der Waals surface area contributed by atoms with Gasteiger partial charge in [0.1, 0.15) is 6.04 Å². The summed E-state index contributed by atoms with van der Waals surface area (Å²) in [5, 5.41) is 6.18. The van der Waals surface area contributed by atoms with Gasteiger partial charge in [-0.15, -0.1) is 0 Å². The summed E-state index contributed by atoms with van der Waals surface area (Å²) in [7, 11) is 1.36. The monoisotopic (exact) mass is 406 g/mol. The van der Waals surface area contributed by atoms with Gasteiger partial charge in [-0.1, -0.05) is 38.1 Å². The van der Waals surface area contributed by atoms with Gasteiger partial charge in [-0.3, -0.25) is 4.79 Å². The Bertz CT molecular complexity index is 633. The Morgan fingerprint density at radius 2 is 2.00 bits per heavy atom. The molecule has 1 fully saturated rings. The molecule has 1 aliphatic rings. The lowest BCUT2D eigenvalue weighted by Crippen LogP contribution is -2.48. The number of carbonyl (C=O) groups is 2. The number of thioether (sulfide) groups is 1. The fourth-order valence-electron chi connectivity index (χ4n) is 3.57. The minimum absolute atomic E-state index is 0.0970. The summed E-state index contributed by atoms with van der Waals surface area (Å²) in [6, 6.07) is 8.07. The van der Waals surface area contributed by atoms with Crippen molar-refractivity contribution in [1.29, 1.82) is 0 Å². The Kier molecular flexibility index (Phi) is 9.32. The molecule has 0 unspecified atom stereocenters. The van der Waals surface area contributed by atoms with E-state index in [1.165, 1.54) is 18.2 Å². The van der Waals surface area contributed by atoms with Gasteiger partial charge in [-0.25, -0.2) is 4.79 Å². The molecule has 28 heavy (non-hydrogen) atoms. The number of aryl methyl sites for hydroxylation is 1. The van der Waals surface area contributed by atoms with Gasteiger partial charge in [0, 0.05) is 0 Å². The van der Waals surface area contributed by atoms with Crippen molar-refractivity contribution in [2.75, 3.05) is 25.7 Å². The van der Waals surface area contributed by atoms with E-state index in [9.17, 15) is 9.59 Å². The molecule has 0 spiro atoms. The zero-order valence-corrected chi connectivity index (χ0v) is 18.3. The summed E-state index contributed by atoms with van der Waals surface area (Å²) in [6.45, 7) is 5.25. The number of methoxy groups -OCH3 is 1. The van der Waals surface area contributed by atoms with E-state index in [1.807, 2.05) is 6.26 Å². The van der Waals surface area contributed by atoms with Crippen molar-refractivity contribution in [3.63, 3.8) is 0 Å². The van der Waals surface area contributed by atoms with Crippen molar-refractivity contribution in [1.82, 2.24) is 10.6 Å². The molecule has 1 heterocycles. The summed E-state index contributed by atoms with van der Waals surface area (Å²) in [5.74, 6) is 1.36. The maximum atomic E-state index is 12.6. The molecular weight excluding hydrogens is 372 g/mol. The summed E-state index contributed by atoms with van der Waals surface area (Å²) >= 11 is 1.65. The van der Waals surface area contributed by atoms with E-state index in [2.05, 4.69) is 48.7 Å². The molecule has 0 aliphatic carbocycles. The highest BCUT2D eigenvalue weighted by Crippen LogP contribution is 2.22. The third kappa shape index (κ3) is 6.82. The molecule has 3 atom stereocenters. The van der Waals surface area contributed by atoms with Crippen molar-refractivity contribution >= 4 is 23.6 Å². The van der Waals surface area contributed by atoms with Gasteiger partial charge in [0.2, 0.25) is 5.91 Å². The summed E-state index contributed by atoms with van der Waals surface area (Å²) < 4.78 is 4.82. The Labute approximate surface area is 173 Å². The van der Waals surface area contributed by atoms with Crippen molar-refractivity contribution in [2.45, 2.75) is 57.5 Å². The van der Waals surface area contributed by atoms with Gasteiger partial charge >= 0.3 is 5.97 Å². The highest BCUT2D eigenvalue weighted by molar-refractivity contribution is 7.98. The SMILES string of the molecule is COC(=O)[C@H](CCSC)NC(=O)[C@@H]1C[C@@H](CCc2ccc(C(C)C)cc2)CN1. The molecule has 0 aromatic heterocycles. The number of ether oxygens (including phenoxy) is 1. The Morgan fingerprint density at radius 3 is 2.61 bits per heavy atom. The molecule has 1 aliphatic heterocycles. The number of carbonyl (C=O) groups excluding carboxylic acids is 2. The summed E-state index contributed by atoms with van der Waals surface area (Å²) in [6.07, 6.45) is 5.46. The topological polar surface area (TPSA) is 67.4 Å². The minimum atomic E-state index is -0.565. The fourth-order valence-corrected chi connectivity index (χ4v) is 4.04. The molecule has 5 nitrogen and oxygen atoms in total. The third-order valence-corrected chi connectivity index (χ3v) is 6.08. The van der Waals surface area contributed by atoms with Gasteiger partial charge < -0.3 is 15.4 Å². The smallest absolute Gasteiger partial charge is 0.328 e.